The molecule has 1 aliphatic carbocycles. The highest BCUT2D eigenvalue weighted by molar-refractivity contribution is 6.30. The Hall–Kier alpha value is -2.25. The molecule has 1 fully saturated rings. The fourth-order valence-corrected chi connectivity index (χ4v) is 2.41. The Labute approximate surface area is 143 Å². The molecule has 0 radical (unpaired) electrons. The number of rotatable bonds is 6. The molecule has 24 heavy (non-hydrogen) atoms. The molecule has 3 aromatic rings. The molecule has 1 aliphatic rings. The molecule has 1 N–H and O–H groups in total. The van der Waals surface area contributed by atoms with E-state index >= 15 is 0 Å². The van der Waals surface area contributed by atoms with Crippen molar-refractivity contribution in [2.24, 2.45) is 0 Å². The minimum Gasteiger partial charge on any atom is -0.424 e. The van der Waals surface area contributed by atoms with E-state index in [1.165, 1.54) is 0 Å². The van der Waals surface area contributed by atoms with Crippen LogP contribution in [-0.2, 0) is 6.54 Å². The molecule has 2 aromatic heterocycles. The third-order valence-corrected chi connectivity index (χ3v) is 4.14. The Kier molecular flexibility index (Phi) is 4.03. The van der Waals surface area contributed by atoms with Gasteiger partial charge in [-0.3, -0.25) is 5.32 Å². The summed E-state index contributed by atoms with van der Waals surface area (Å²) in [6.45, 7) is 2.40. The summed E-state index contributed by atoms with van der Waals surface area (Å²) < 4.78 is 10.9. The number of aromatic nitrogens is 4. The fourth-order valence-electron chi connectivity index (χ4n) is 2.29. The molecule has 1 saturated carbocycles. The molecule has 0 spiro atoms. The summed E-state index contributed by atoms with van der Waals surface area (Å²) in [7, 11) is 0. The zero-order valence-electron chi connectivity index (χ0n) is 13.1. The quantitative estimate of drug-likeness (QED) is 0.731. The normalized spacial score (nSPS) is 15.6. The minimum atomic E-state index is -0.130. The van der Waals surface area contributed by atoms with Crippen molar-refractivity contribution in [3.63, 3.8) is 0 Å². The number of hydrogen-bond donors (Lipinski definition) is 1. The van der Waals surface area contributed by atoms with Crippen molar-refractivity contribution in [1.29, 1.82) is 0 Å². The topological polar surface area (TPSA) is 89.9 Å². The number of nitrogens with one attached hydrogen (secondary N) is 1. The Morgan fingerprint density at radius 1 is 1.25 bits per heavy atom. The molecule has 7 nitrogen and oxygen atoms in total. The van der Waals surface area contributed by atoms with E-state index in [-0.39, 0.29) is 6.04 Å². The average Bonchev–Trinajstić information content (AvgIpc) is 3.13. The van der Waals surface area contributed by atoms with Gasteiger partial charge in [-0.1, -0.05) is 16.8 Å². The van der Waals surface area contributed by atoms with Crippen molar-refractivity contribution in [2.45, 2.75) is 38.3 Å². The molecule has 0 bridgehead atoms. The van der Waals surface area contributed by atoms with Crippen molar-refractivity contribution in [1.82, 2.24) is 25.7 Å². The van der Waals surface area contributed by atoms with Crippen molar-refractivity contribution < 1.29 is 8.94 Å². The van der Waals surface area contributed by atoms with Gasteiger partial charge in [-0.2, -0.15) is 4.98 Å². The van der Waals surface area contributed by atoms with E-state index in [1.54, 1.807) is 12.1 Å². The third kappa shape index (κ3) is 3.32. The van der Waals surface area contributed by atoms with Crippen molar-refractivity contribution >= 4 is 11.6 Å². The molecular formula is C16H16ClN5O2. The second-order valence-electron chi connectivity index (χ2n) is 5.87. The molecule has 0 amide bonds. The molecule has 1 atom stereocenters. The van der Waals surface area contributed by atoms with Gasteiger partial charge in [-0.15, -0.1) is 10.2 Å². The summed E-state index contributed by atoms with van der Waals surface area (Å²) in [6, 6.07) is 7.16. The highest BCUT2D eigenvalue weighted by Gasteiger charge is 2.29. The van der Waals surface area contributed by atoms with E-state index in [0.29, 0.717) is 35.1 Å². The maximum absolute atomic E-state index is 5.89. The summed E-state index contributed by atoms with van der Waals surface area (Å²) >= 11 is 5.89. The van der Waals surface area contributed by atoms with Crippen LogP contribution in [0.25, 0.3) is 11.4 Å². The van der Waals surface area contributed by atoms with Gasteiger partial charge in [-0.05, 0) is 44.0 Å². The van der Waals surface area contributed by atoms with Gasteiger partial charge in [0.15, 0.2) is 0 Å². The van der Waals surface area contributed by atoms with Crippen LogP contribution in [0, 0.1) is 0 Å². The second kappa shape index (κ2) is 6.33. The Balaban J connectivity index is 1.38. The molecular weight excluding hydrogens is 330 g/mol. The van der Waals surface area contributed by atoms with Crippen LogP contribution in [0.15, 0.2) is 33.2 Å². The van der Waals surface area contributed by atoms with Gasteiger partial charge in [0.05, 0.1) is 12.6 Å². The molecule has 0 unspecified atom stereocenters. The third-order valence-electron chi connectivity index (χ3n) is 3.88. The van der Waals surface area contributed by atoms with Gasteiger partial charge in [0.1, 0.15) is 0 Å². The summed E-state index contributed by atoms with van der Waals surface area (Å²) in [4.78, 5) is 4.42. The zero-order chi connectivity index (χ0) is 16.5. The van der Waals surface area contributed by atoms with Gasteiger partial charge in [-0.25, -0.2) is 0 Å². The predicted octanol–water partition coefficient (Wildman–Crippen LogP) is 3.50. The van der Waals surface area contributed by atoms with Crippen LogP contribution < -0.4 is 5.32 Å². The fraction of sp³-hybridized carbons (Fsp3) is 0.375. The van der Waals surface area contributed by atoms with Crippen LogP contribution in [0.5, 0.6) is 0 Å². The van der Waals surface area contributed by atoms with E-state index in [2.05, 4.69) is 25.7 Å². The van der Waals surface area contributed by atoms with Crippen LogP contribution >= 0.6 is 11.6 Å². The van der Waals surface area contributed by atoms with Crippen LogP contribution in [0.4, 0.5) is 0 Å². The van der Waals surface area contributed by atoms with Gasteiger partial charge < -0.3 is 8.94 Å². The molecule has 1 aromatic carbocycles. The maximum atomic E-state index is 5.89. The number of hydrogen-bond acceptors (Lipinski definition) is 7. The van der Waals surface area contributed by atoms with Crippen LogP contribution in [0.2, 0.25) is 5.02 Å². The highest BCUT2D eigenvalue weighted by Crippen LogP contribution is 2.39. The number of halogens is 1. The first-order valence-corrected chi connectivity index (χ1v) is 8.22. The van der Waals surface area contributed by atoms with Gasteiger partial charge in [0.2, 0.25) is 23.5 Å². The van der Waals surface area contributed by atoms with Crippen LogP contribution in [-0.4, -0.2) is 20.3 Å². The first-order chi connectivity index (χ1) is 11.7. The smallest absolute Gasteiger partial charge is 0.243 e. The first-order valence-electron chi connectivity index (χ1n) is 7.84. The van der Waals surface area contributed by atoms with E-state index < -0.39 is 0 Å². The summed E-state index contributed by atoms with van der Waals surface area (Å²) in [5, 5.41) is 16.0. The molecule has 0 aliphatic heterocycles. The van der Waals surface area contributed by atoms with Gasteiger partial charge in [0, 0.05) is 16.5 Å². The van der Waals surface area contributed by atoms with Crippen LogP contribution in [0.3, 0.4) is 0 Å². The van der Waals surface area contributed by atoms with Gasteiger partial charge in [0.25, 0.3) is 0 Å². The predicted molar refractivity (Wildman–Crippen MR) is 86.3 cm³/mol. The molecule has 8 heteroatoms. The lowest BCUT2D eigenvalue weighted by atomic mass is 10.2. The average molecular weight is 346 g/mol. The maximum Gasteiger partial charge on any atom is 0.243 e. The van der Waals surface area contributed by atoms with E-state index in [9.17, 15) is 0 Å². The first kappa shape index (κ1) is 15.3. The Bertz CT molecular complexity index is 825. The lowest BCUT2D eigenvalue weighted by molar-refractivity contribution is 0.330. The molecule has 0 saturated heterocycles. The Morgan fingerprint density at radius 2 is 2.04 bits per heavy atom. The summed E-state index contributed by atoms with van der Waals surface area (Å²) in [5.41, 5.74) is 0.854. The van der Waals surface area contributed by atoms with Crippen molar-refractivity contribution in [3.8, 4) is 11.4 Å². The molecule has 124 valence electrons. The summed E-state index contributed by atoms with van der Waals surface area (Å²) in [6.07, 6.45) is 2.28. The highest BCUT2D eigenvalue weighted by atomic mass is 35.5. The van der Waals surface area contributed by atoms with E-state index in [1.807, 2.05) is 19.1 Å². The lowest BCUT2D eigenvalue weighted by Crippen LogP contribution is -2.18. The zero-order valence-corrected chi connectivity index (χ0v) is 13.8. The molecule has 2 heterocycles. The number of nitrogens with zero attached hydrogens (tertiary/aromatic N) is 4. The van der Waals surface area contributed by atoms with Gasteiger partial charge >= 0.3 is 0 Å². The standard InChI is InChI=1S/C16H16ClN5O2/c1-9(18-8-13-20-21-16(23-13)11-2-3-11)15-19-14(22-24-15)10-4-6-12(17)7-5-10/h4-7,9,11,18H,2-3,8H2,1H3/t9-/m1/s1. The van der Waals surface area contributed by atoms with Crippen molar-refractivity contribution in [3.05, 3.63) is 47.0 Å². The second-order valence-corrected chi connectivity index (χ2v) is 6.31. The van der Waals surface area contributed by atoms with E-state index in [0.717, 1.165) is 24.3 Å². The van der Waals surface area contributed by atoms with E-state index in [4.69, 9.17) is 20.5 Å². The number of benzene rings is 1. The molecule has 4 rings (SSSR count). The SMILES string of the molecule is C[C@@H](NCc1nnc(C2CC2)o1)c1nc(-c2ccc(Cl)cc2)no1. The Morgan fingerprint density at radius 3 is 2.79 bits per heavy atom. The van der Waals surface area contributed by atoms with Crippen molar-refractivity contribution in [2.75, 3.05) is 0 Å². The lowest BCUT2D eigenvalue weighted by Gasteiger charge is -2.06. The van der Waals surface area contributed by atoms with Crippen LogP contribution in [0.1, 0.15) is 49.4 Å². The largest absolute Gasteiger partial charge is 0.424 e. The summed E-state index contributed by atoms with van der Waals surface area (Å²) in [5.74, 6) is 2.80. The minimum absolute atomic E-state index is 0.130. The monoisotopic (exact) mass is 345 g/mol.